The van der Waals surface area contributed by atoms with Crippen molar-refractivity contribution < 1.29 is 0 Å². The molecule has 0 spiro atoms. The second kappa shape index (κ2) is 8.28. The fourth-order valence-corrected chi connectivity index (χ4v) is 3.52. The highest BCUT2D eigenvalue weighted by atomic mass is 14.9. The monoisotopic (exact) mass is 400 g/mol. The molecule has 31 heavy (non-hydrogen) atoms. The average molecular weight is 400 g/mol. The zero-order valence-corrected chi connectivity index (χ0v) is 17.1. The Kier molecular flexibility index (Phi) is 5.03. The molecule has 0 fully saturated rings. The average Bonchev–Trinajstić information content (AvgIpc) is 2.85. The van der Waals surface area contributed by atoms with Gasteiger partial charge in [0, 0.05) is 23.5 Å². The topological polar surface area (TPSA) is 51.6 Å². The van der Waals surface area contributed by atoms with Gasteiger partial charge in [0.2, 0.25) is 0 Å². The summed E-state index contributed by atoms with van der Waals surface area (Å²) in [5, 5.41) is 0. The summed E-state index contributed by atoms with van der Waals surface area (Å²) in [6.45, 7) is 1.89. The van der Waals surface area contributed by atoms with E-state index in [9.17, 15) is 0 Å². The predicted molar refractivity (Wildman–Crippen MR) is 124 cm³/mol. The second-order valence-electron chi connectivity index (χ2n) is 7.28. The van der Waals surface area contributed by atoms with Crippen LogP contribution in [0.3, 0.4) is 0 Å². The smallest absolute Gasteiger partial charge is 0.126 e. The first-order valence-corrected chi connectivity index (χ1v) is 10.2. The number of aromatic nitrogens is 4. The molecule has 3 aromatic heterocycles. The summed E-state index contributed by atoms with van der Waals surface area (Å²) in [5.41, 5.74) is 7.64. The molecule has 5 aromatic rings. The summed E-state index contributed by atoms with van der Waals surface area (Å²) in [6.07, 6.45) is 3.77. The number of pyridine rings is 2. The zero-order valence-electron chi connectivity index (χ0n) is 17.1. The first-order chi connectivity index (χ1) is 15.3. The number of rotatable bonds is 4. The summed E-state index contributed by atoms with van der Waals surface area (Å²) in [6, 6.07) is 30.5. The van der Waals surface area contributed by atoms with Crippen LogP contribution in [-0.2, 0) is 0 Å². The standard InChI is InChI=1S/C27H20N4/c1-19-30-26(24-14-12-22(17-28-24)20-8-4-2-5-9-20)16-27(31-19)25-15-13-23(18-29-25)21-10-6-3-7-11-21/h2-18H,1H3. The Labute approximate surface area is 181 Å². The van der Waals surface area contributed by atoms with Crippen LogP contribution in [-0.4, -0.2) is 19.9 Å². The molecule has 0 bridgehead atoms. The predicted octanol–water partition coefficient (Wildman–Crippen LogP) is 6.24. The SMILES string of the molecule is Cc1nc(-c2ccc(-c3ccccc3)cn2)cc(-c2ccc(-c3ccccc3)cn2)n1. The molecule has 2 aromatic carbocycles. The molecule has 0 radical (unpaired) electrons. The lowest BCUT2D eigenvalue weighted by atomic mass is 10.1. The van der Waals surface area contributed by atoms with Crippen molar-refractivity contribution in [2.24, 2.45) is 0 Å². The zero-order chi connectivity index (χ0) is 21.0. The summed E-state index contributed by atoms with van der Waals surface area (Å²) in [5.74, 6) is 0.690. The van der Waals surface area contributed by atoms with Crippen LogP contribution in [0, 0.1) is 6.92 Å². The van der Waals surface area contributed by atoms with Gasteiger partial charge < -0.3 is 0 Å². The first-order valence-electron chi connectivity index (χ1n) is 10.2. The molecule has 0 aliphatic rings. The number of hydrogen-bond acceptors (Lipinski definition) is 4. The third-order valence-electron chi connectivity index (χ3n) is 5.10. The summed E-state index contributed by atoms with van der Waals surface area (Å²) >= 11 is 0. The lowest BCUT2D eigenvalue weighted by Crippen LogP contribution is -1.97. The number of aryl methyl sites for hydroxylation is 1. The van der Waals surface area contributed by atoms with E-state index in [1.165, 1.54) is 0 Å². The highest BCUT2D eigenvalue weighted by molar-refractivity contribution is 5.69. The van der Waals surface area contributed by atoms with Crippen molar-refractivity contribution in [3.05, 3.63) is 109 Å². The normalized spacial score (nSPS) is 10.7. The van der Waals surface area contributed by atoms with Gasteiger partial charge in [-0.25, -0.2) is 9.97 Å². The Bertz CT molecular complexity index is 1200. The van der Waals surface area contributed by atoms with Crippen LogP contribution in [0.2, 0.25) is 0 Å². The molecule has 3 heterocycles. The molecule has 4 nitrogen and oxygen atoms in total. The van der Waals surface area contributed by atoms with Crippen LogP contribution in [0.5, 0.6) is 0 Å². The van der Waals surface area contributed by atoms with E-state index in [1.54, 1.807) is 0 Å². The highest BCUT2D eigenvalue weighted by Crippen LogP contribution is 2.25. The van der Waals surface area contributed by atoms with Crippen LogP contribution >= 0.6 is 0 Å². The Balaban J connectivity index is 1.45. The van der Waals surface area contributed by atoms with Gasteiger partial charge in [-0.15, -0.1) is 0 Å². The Morgan fingerprint density at radius 1 is 0.452 bits per heavy atom. The van der Waals surface area contributed by atoms with E-state index < -0.39 is 0 Å². The minimum Gasteiger partial charge on any atom is -0.254 e. The lowest BCUT2D eigenvalue weighted by Gasteiger charge is -2.08. The van der Waals surface area contributed by atoms with Gasteiger partial charge in [0.15, 0.2) is 0 Å². The van der Waals surface area contributed by atoms with Crippen LogP contribution in [0.25, 0.3) is 45.0 Å². The third-order valence-corrected chi connectivity index (χ3v) is 5.10. The molecule has 0 saturated heterocycles. The van der Waals surface area contributed by atoms with Gasteiger partial charge in [-0.2, -0.15) is 0 Å². The summed E-state index contributed by atoms with van der Waals surface area (Å²) < 4.78 is 0. The van der Waals surface area contributed by atoms with Gasteiger partial charge in [0.05, 0.1) is 22.8 Å². The van der Waals surface area contributed by atoms with Gasteiger partial charge in [-0.1, -0.05) is 72.8 Å². The van der Waals surface area contributed by atoms with Crippen molar-refractivity contribution in [1.82, 2.24) is 19.9 Å². The van der Waals surface area contributed by atoms with E-state index in [0.29, 0.717) is 5.82 Å². The first kappa shape index (κ1) is 18.8. The van der Waals surface area contributed by atoms with E-state index in [1.807, 2.05) is 73.9 Å². The molecule has 0 atom stereocenters. The van der Waals surface area contributed by atoms with Gasteiger partial charge in [-0.05, 0) is 36.2 Å². The molecular formula is C27H20N4. The summed E-state index contributed by atoms with van der Waals surface area (Å²) in [7, 11) is 0. The highest BCUT2D eigenvalue weighted by Gasteiger charge is 2.10. The van der Waals surface area contributed by atoms with Crippen molar-refractivity contribution in [3.8, 4) is 45.0 Å². The Hall–Kier alpha value is -4.18. The van der Waals surface area contributed by atoms with E-state index in [4.69, 9.17) is 0 Å². The van der Waals surface area contributed by atoms with Crippen molar-refractivity contribution in [3.63, 3.8) is 0 Å². The van der Waals surface area contributed by atoms with Gasteiger partial charge in [-0.3, -0.25) is 9.97 Å². The molecule has 0 unspecified atom stereocenters. The van der Waals surface area contributed by atoms with Crippen LogP contribution in [0.4, 0.5) is 0 Å². The quantitative estimate of drug-likeness (QED) is 0.358. The lowest BCUT2D eigenvalue weighted by molar-refractivity contribution is 1.05. The fourth-order valence-electron chi connectivity index (χ4n) is 3.52. The molecule has 0 saturated carbocycles. The van der Waals surface area contributed by atoms with Gasteiger partial charge >= 0.3 is 0 Å². The maximum absolute atomic E-state index is 4.64. The second-order valence-corrected chi connectivity index (χ2v) is 7.28. The number of nitrogens with zero attached hydrogens (tertiary/aromatic N) is 4. The Morgan fingerprint density at radius 2 is 0.903 bits per heavy atom. The minimum absolute atomic E-state index is 0.690. The molecule has 0 N–H and O–H groups in total. The molecule has 5 rings (SSSR count). The van der Waals surface area contributed by atoms with Crippen LogP contribution < -0.4 is 0 Å². The van der Waals surface area contributed by atoms with Crippen molar-refractivity contribution in [2.45, 2.75) is 6.92 Å². The Morgan fingerprint density at radius 3 is 1.29 bits per heavy atom. The van der Waals surface area contributed by atoms with E-state index in [-0.39, 0.29) is 0 Å². The maximum atomic E-state index is 4.64. The van der Waals surface area contributed by atoms with Crippen LogP contribution in [0.1, 0.15) is 5.82 Å². The number of hydrogen-bond donors (Lipinski definition) is 0. The van der Waals surface area contributed by atoms with Crippen molar-refractivity contribution in [1.29, 1.82) is 0 Å². The van der Waals surface area contributed by atoms with E-state index >= 15 is 0 Å². The van der Waals surface area contributed by atoms with Gasteiger partial charge in [0.25, 0.3) is 0 Å². The van der Waals surface area contributed by atoms with Crippen LogP contribution in [0.15, 0.2) is 103 Å². The molecule has 148 valence electrons. The molecule has 0 aliphatic carbocycles. The summed E-state index contributed by atoms with van der Waals surface area (Å²) in [4.78, 5) is 18.5. The van der Waals surface area contributed by atoms with Crippen molar-refractivity contribution >= 4 is 0 Å². The third kappa shape index (κ3) is 4.09. The van der Waals surface area contributed by atoms with Gasteiger partial charge in [0.1, 0.15) is 5.82 Å². The fraction of sp³-hybridized carbons (Fsp3) is 0.0370. The minimum atomic E-state index is 0.690. The van der Waals surface area contributed by atoms with E-state index in [2.05, 4.69) is 56.3 Å². The van der Waals surface area contributed by atoms with E-state index in [0.717, 1.165) is 45.0 Å². The number of benzene rings is 2. The molecule has 4 heteroatoms. The molecule has 0 amide bonds. The largest absolute Gasteiger partial charge is 0.254 e. The molecule has 0 aliphatic heterocycles. The maximum Gasteiger partial charge on any atom is 0.126 e. The molecular weight excluding hydrogens is 380 g/mol. The van der Waals surface area contributed by atoms with Crippen molar-refractivity contribution in [2.75, 3.05) is 0 Å².